The Hall–Kier alpha value is -5.85. The molecular weight excluding hydrogens is 825 g/mol. The zero-order valence-corrected chi connectivity index (χ0v) is 37.5. The number of esters is 2. The van der Waals surface area contributed by atoms with Crippen molar-refractivity contribution < 1.29 is 48.3 Å². The fourth-order valence-corrected chi connectivity index (χ4v) is 10.1. The second-order valence-corrected chi connectivity index (χ2v) is 18.2. The molecule has 1 aliphatic carbocycles. The molecule has 0 saturated heterocycles. The fourth-order valence-electron chi connectivity index (χ4n) is 10.1. The SMILES string of the molecule is COC[C@@H](CCO)c1c(CO)c2ccc3c(c2oc1=O)[C@H]1OC(=O)C[C@@H]2C[C@H](c4cccc(Cc5ccccc5)c4)C=C[C@H]2c2ccc(cc2)CC/C(=C(\C)CO)C(=O)O[C@@H]1C(C)(C)O3. The van der Waals surface area contributed by atoms with E-state index in [2.05, 4.69) is 72.8 Å². The molecule has 9 rings (SSSR count). The molecule has 2 bridgehead atoms. The van der Waals surface area contributed by atoms with Crippen LogP contribution in [-0.4, -0.2) is 65.9 Å². The normalized spacial score (nSPS) is 23.1. The maximum absolute atomic E-state index is 14.8. The van der Waals surface area contributed by atoms with Crippen molar-refractivity contribution in [2.24, 2.45) is 5.92 Å². The number of ether oxygens (including phenoxy) is 4. The molecule has 340 valence electrons. The van der Waals surface area contributed by atoms with Crippen LogP contribution < -0.4 is 10.4 Å². The number of carbonyl (C=O) groups excluding carboxylic acids is 2. The highest BCUT2D eigenvalue weighted by molar-refractivity contribution is 5.90. The Morgan fingerprint density at radius 3 is 2.35 bits per heavy atom. The van der Waals surface area contributed by atoms with Gasteiger partial charge in [0.05, 0.1) is 25.4 Å². The van der Waals surface area contributed by atoms with E-state index in [0.717, 1.165) is 23.1 Å². The standard InChI is InChI=1S/C54H58O11/c1-32(29-56)41-19-15-33-13-16-36(17-14-33)42-20-18-38(37-12-8-11-35(26-37)25-34-9-6-5-7-10-34)27-40(42)28-46(58)62-50-48-45(65-54(2,3)51(50)64-52(41)59)22-21-43-44(30-57)47(53(60)63-49(43)48)39(23-24-55)31-61-4/h5-14,16-18,20-22,26,38-40,42,50-51,55-57H,15,19,23-25,27-31H2,1-4H3/b41-32-/t38-,39-,40+,42+,50-,51+/m1/s1. The number of hydrogen-bond acceptors (Lipinski definition) is 11. The Morgan fingerprint density at radius 1 is 0.862 bits per heavy atom. The van der Waals surface area contributed by atoms with Gasteiger partial charge in [-0.25, -0.2) is 9.59 Å². The Balaban J connectivity index is 1.24. The van der Waals surface area contributed by atoms with Gasteiger partial charge < -0.3 is 38.7 Å². The van der Waals surface area contributed by atoms with Crippen LogP contribution in [0.2, 0.25) is 0 Å². The summed E-state index contributed by atoms with van der Waals surface area (Å²) in [6.07, 6.45) is 4.30. The molecule has 11 nitrogen and oxygen atoms in total. The van der Waals surface area contributed by atoms with Crippen molar-refractivity contribution in [3.05, 3.63) is 169 Å². The molecule has 0 amide bonds. The number of benzene rings is 4. The van der Waals surface area contributed by atoms with E-state index >= 15 is 0 Å². The summed E-state index contributed by atoms with van der Waals surface area (Å²) in [7, 11) is 1.49. The number of aliphatic hydroxyl groups is 3. The van der Waals surface area contributed by atoms with Crippen molar-refractivity contribution in [1.29, 1.82) is 0 Å². The van der Waals surface area contributed by atoms with Crippen LogP contribution in [0.3, 0.4) is 0 Å². The van der Waals surface area contributed by atoms with Gasteiger partial charge in [-0.1, -0.05) is 91.0 Å². The van der Waals surface area contributed by atoms with E-state index in [1.165, 1.54) is 18.2 Å². The highest BCUT2D eigenvalue weighted by atomic mass is 16.6. The number of methoxy groups -OCH3 is 1. The first kappa shape index (κ1) is 45.7. The van der Waals surface area contributed by atoms with Crippen LogP contribution in [0.15, 0.2) is 124 Å². The number of fused-ring (bicyclic) bond motifs is 11. The van der Waals surface area contributed by atoms with Crippen LogP contribution in [0.25, 0.3) is 11.0 Å². The van der Waals surface area contributed by atoms with Crippen LogP contribution in [0.4, 0.5) is 0 Å². The number of allylic oxidation sites excluding steroid dienone is 2. The predicted molar refractivity (Wildman–Crippen MR) is 246 cm³/mol. The lowest BCUT2D eigenvalue weighted by Gasteiger charge is -2.43. The van der Waals surface area contributed by atoms with Crippen molar-refractivity contribution in [2.45, 2.75) is 101 Å². The molecule has 0 fully saturated rings. The van der Waals surface area contributed by atoms with Gasteiger partial charge in [-0.3, -0.25) is 4.79 Å². The third kappa shape index (κ3) is 9.61. The van der Waals surface area contributed by atoms with Crippen LogP contribution in [0, 0.1) is 5.92 Å². The van der Waals surface area contributed by atoms with Crippen LogP contribution in [0.1, 0.15) is 115 Å². The third-order valence-electron chi connectivity index (χ3n) is 13.4. The van der Waals surface area contributed by atoms with Gasteiger partial charge in [-0.05, 0) is 110 Å². The lowest BCUT2D eigenvalue weighted by molar-refractivity contribution is -0.188. The molecule has 0 unspecified atom stereocenters. The van der Waals surface area contributed by atoms with Crippen LogP contribution in [-0.2, 0) is 43.2 Å². The first-order valence-electron chi connectivity index (χ1n) is 22.5. The molecule has 0 spiro atoms. The van der Waals surface area contributed by atoms with Crippen molar-refractivity contribution in [3.63, 3.8) is 0 Å². The summed E-state index contributed by atoms with van der Waals surface area (Å²) in [6.45, 7) is 4.10. The molecular formula is C54H58O11. The van der Waals surface area contributed by atoms with Gasteiger partial charge in [0, 0.05) is 54.4 Å². The Labute approximate surface area is 379 Å². The van der Waals surface area contributed by atoms with Gasteiger partial charge in [0.25, 0.3) is 0 Å². The highest BCUT2D eigenvalue weighted by Crippen LogP contribution is 2.49. The number of rotatable bonds is 10. The average Bonchev–Trinajstić information content (AvgIpc) is 3.29. The Morgan fingerprint density at radius 2 is 1.63 bits per heavy atom. The van der Waals surface area contributed by atoms with Gasteiger partial charge in [-0.2, -0.15) is 0 Å². The molecule has 1 aromatic heterocycles. The van der Waals surface area contributed by atoms with Crippen molar-refractivity contribution >= 4 is 22.9 Å². The summed E-state index contributed by atoms with van der Waals surface area (Å²) in [4.78, 5) is 43.3. The van der Waals surface area contributed by atoms with E-state index in [1.54, 1.807) is 32.9 Å². The first-order chi connectivity index (χ1) is 31.4. The summed E-state index contributed by atoms with van der Waals surface area (Å²) in [5, 5.41) is 31.4. The molecule has 11 heteroatoms. The van der Waals surface area contributed by atoms with Crippen molar-refractivity contribution in [1.82, 2.24) is 0 Å². The minimum absolute atomic E-state index is 0.0139. The summed E-state index contributed by atoms with van der Waals surface area (Å²) >= 11 is 0. The van der Waals surface area contributed by atoms with E-state index in [-0.39, 0.29) is 90.4 Å². The third-order valence-corrected chi connectivity index (χ3v) is 13.4. The number of hydrogen-bond donors (Lipinski definition) is 3. The van der Waals surface area contributed by atoms with Gasteiger partial charge in [0.15, 0.2) is 12.2 Å². The summed E-state index contributed by atoms with van der Waals surface area (Å²) in [6, 6.07) is 30.6. The molecule has 0 saturated carbocycles. The van der Waals surface area contributed by atoms with Crippen LogP contribution >= 0.6 is 0 Å². The predicted octanol–water partition coefficient (Wildman–Crippen LogP) is 8.44. The lowest BCUT2D eigenvalue weighted by atomic mass is 9.72. The summed E-state index contributed by atoms with van der Waals surface area (Å²) < 4.78 is 31.1. The van der Waals surface area contributed by atoms with E-state index in [1.807, 2.05) is 18.2 Å². The number of aliphatic hydroxyl groups excluding tert-OH is 3. The molecule has 4 heterocycles. The lowest BCUT2D eigenvalue weighted by Crippen LogP contribution is -2.52. The Kier molecular flexibility index (Phi) is 13.9. The molecule has 4 aromatic carbocycles. The van der Waals surface area contributed by atoms with E-state index in [4.69, 9.17) is 23.4 Å². The van der Waals surface area contributed by atoms with Crippen LogP contribution in [0.5, 0.6) is 5.75 Å². The minimum atomic E-state index is -1.33. The minimum Gasteiger partial charge on any atom is -0.483 e. The molecule has 3 N–H and O–H groups in total. The van der Waals surface area contributed by atoms with E-state index in [9.17, 15) is 29.7 Å². The fraction of sp³-hybridized carbons (Fsp3) is 0.389. The van der Waals surface area contributed by atoms with Gasteiger partial charge in [-0.15, -0.1) is 0 Å². The van der Waals surface area contributed by atoms with Crippen molar-refractivity contribution in [2.75, 3.05) is 26.9 Å². The molecule has 65 heavy (non-hydrogen) atoms. The number of aryl methyl sites for hydroxylation is 1. The second-order valence-electron chi connectivity index (χ2n) is 18.2. The summed E-state index contributed by atoms with van der Waals surface area (Å²) in [5.41, 5.74) is 4.97. The van der Waals surface area contributed by atoms with Gasteiger partial charge in [0.1, 0.15) is 16.9 Å². The molecule has 0 radical (unpaired) electrons. The topological polar surface area (TPSA) is 162 Å². The second kappa shape index (κ2) is 19.7. The highest BCUT2D eigenvalue weighted by Gasteiger charge is 2.51. The molecule has 3 aliphatic heterocycles. The maximum Gasteiger partial charge on any atom is 0.340 e. The molecule has 5 aromatic rings. The molecule has 4 aliphatic rings. The Bertz CT molecular complexity index is 2640. The van der Waals surface area contributed by atoms with E-state index in [0.29, 0.717) is 23.8 Å². The monoisotopic (exact) mass is 882 g/mol. The quantitative estimate of drug-likeness (QED) is 0.0534. The average molecular weight is 883 g/mol. The zero-order valence-electron chi connectivity index (χ0n) is 37.5. The smallest absolute Gasteiger partial charge is 0.340 e. The largest absolute Gasteiger partial charge is 0.483 e. The zero-order chi connectivity index (χ0) is 45.8. The first-order valence-corrected chi connectivity index (χ1v) is 22.5. The maximum atomic E-state index is 14.8. The van der Waals surface area contributed by atoms with Gasteiger partial charge >= 0.3 is 17.6 Å². The van der Waals surface area contributed by atoms with Crippen molar-refractivity contribution in [3.8, 4) is 5.75 Å². The number of carbonyl (C=O) groups is 2. The van der Waals surface area contributed by atoms with Gasteiger partial charge in [0.2, 0.25) is 0 Å². The summed E-state index contributed by atoms with van der Waals surface area (Å²) in [5.74, 6) is -1.86. The van der Waals surface area contributed by atoms with E-state index < -0.39 is 47.9 Å². The molecule has 6 atom stereocenters.